The average Bonchev–Trinajstić information content (AvgIpc) is 2.88. The van der Waals surface area contributed by atoms with Crippen molar-refractivity contribution in [3.63, 3.8) is 0 Å². The van der Waals surface area contributed by atoms with Crippen molar-refractivity contribution in [3.8, 4) is 0 Å². The molecule has 0 amide bonds. The van der Waals surface area contributed by atoms with E-state index in [-0.39, 0.29) is 11.4 Å². The average molecular weight is 255 g/mol. The predicted octanol–water partition coefficient (Wildman–Crippen LogP) is 1.59. The number of hydrogen-bond donors (Lipinski definition) is 1. The zero-order chi connectivity index (χ0) is 13.0. The van der Waals surface area contributed by atoms with E-state index in [2.05, 4.69) is 19.2 Å². The summed E-state index contributed by atoms with van der Waals surface area (Å²) in [6.07, 6.45) is 2.93. The van der Waals surface area contributed by atoms with Crippen LogP contribution in [0.3, 0.4) is 0 Å². The van der Waals surface area contributed by atoms with Crippen LogP contribution in [0.15, 0.2) is 0 Å². The van der Waals surface area contributed by atoms with Crippen molar-refractivity contribution >= 4 is 5.97 Å². The molecule has 2 aliphatic heterocycles. The summed E-state index contributed by atoms with van der Waals surface area (Å²) in [4.78, 5) is 12.4. The number of hydrogen-bond acceptors (Lipinski definition) is 4. The Hall–Kier alpha value is -0.610. The third-order valence-electron chi connectivity index (χ3n) is 4.49. The zero-order valence-electron chi connectivity index (χ0n) is 11.5. The highest BCUT2D eigenvalue weighted by atomic mass is 16.5. The molecule has 2 rings (SSSR count). The van der Waals surface area contributed by atoms with E-state index in [9.17, 15) is 4.79 Å². The fraction of sp³-hybridized carbons (Fsp3) is 0.929. The molecule has 0 radical (unpaired) electrons. The number of ether oxygens (including phenoxy) is 2. The number of carbonyl (C=O) groups is 1. The van der Waals surface area contributed by atoms with E-state index >= 15 is 0 Å². The molecule has 0 aromatic carbocycles. The minimum atomic E-state index is -0.300. The molecular weight excluding hydrogens is 230 g/mol. The van der Waals surface area contributed by atoms with Gasteiger partial charge in [-0.3, -0.25) is 4.79 Å². The highest BCUT2D eigenvalue weighted by Gasteiger charge is 2.45. The molecule has 0 aliphatic carbocycles. The molecule has 1 N–H and O–H groups in total. The van der Waals surface area contributed by atoms with E-state index in [0.717, 1.165) is 45.6 Å². The fourth-order valence-electron chi connectivity index (χ4n) is 2.86. The van der Waals surface area contributed by atoms with Crippen LogP contribution >= 0.6 is 0 Å². The van der Waals surface area contributed by atoms with Gasteiger partial charge in [0.05, 0.1) is 12.0 Å². The molecule has 0 aromatic rings. The third kappa shape index (κ3) is 2.86. The summed E-state index contributed by atoms with van der Waals surface area (Å²) in [7, 11) is 0. The summed E-state index contributed by atoms with van der Waals surface area (Å²) in [5, 5.41) is 3.29. The number of rotatable bonds is 4. The summed E-state index contributed by atoms with van der Waals surface area (Å²) in [5.74, 6) is 0.810. The summed E-state index contributed by atoms with van der Waals surface area (Å²) >= 11 is 0. The van der Waals surface area contributed by atoms with Crippen LogP contribution in [0, 0.1) is 17.3 Å². The Labute approximate surface area is 109 Å². The highest BCUT2D eigenvalue weighted by molar-refractivity contribution is 5.78. The molecule has 2 heterocycles. The van der Waals surface area contributed by atoms with Crippen molar-refractivity contribution in [2.24, 2.45) is 17.3 Å². The van der Waals surface area contributed by atoms with Crippen molar-refractivity contribution in [1.29, 1.82) is 0 Å². The van der Waals surface area contributed by atoms with Crippen molar-refractivity contribution in [1.82, 2.24) is 5.32 Å². The van der Waals surface area contributed by atoms with Crippen LogP contribution < -0.4 is 5.32 Å². The van der Waals surface area contributed by atoms with Gasteiger partial charge >= 0.3 is 5.97 Å². The molecule has 104 valence electrons. The van der Waals surface area contributed by atoms with Crippen molar-refractivity contribution in [3.05, 3.63) is 0 Å². The van der Waals surface area contributed by atoms with Crippen LogP contribution in [0.25, 0.3) is 0 Å². The summed E-state index contributed by atoms with van der Waals surface area (Å²) < 4.78 is 10.9. The van der Waals surface area contributed by atoms with Gasteiger partial charge in [-0.25, -0.2) is 0 Å². The van der Waals surface area contributed by atoms with Gasteiger partial charge in [0.25, 0.3) is 0 Å². The summed E-state index contributed by atoms with van der Waals surface area (Å²) in [5.41, 5.74) is -0.300. The maximum absolute atomic E-state index is 12.4. The van der Waals surface area contributed by atoms with Gasteiger partial charge in [0.1, 0.15) is 0 Å². The zero-order valence-corrected chi connectivity index (χ0v) is 11.5. The van der Waals surface area contributed by atoms with Gasteiger partial charge in [-0.05, 0) is 37.6 Å². The lowest BCUT2D eigenvalue weighted by molar-refractivity contribution is -0.160. The minimum Gasteiger partial charge on any atom is -0.465 e. The molecule has 0 saturated carbocycles. The van der Waals surface area contributed by atoms with Crippen LogP contribution in [0.2, 0.25) is 0 Å². The monoisotopic (exact) mass is 255 g/mol. The van der Waals surface area contributed by atoms with Gasteiger partial charge in [0.2, 0.25) is 0 Å². The van der Waals surface area contributed by atoms with Crippen LogP contribution in [-0.2, 0) is 14.3 Å². The van der Waals surface area contributed by atoms with Crippen LogP contribution in [-0.4, -0.2) is 38.9 Å². The lowest BCUT2D eigenvalue weighted by Gasteiger charge is -2.31. The first-order chi connectivity index (χ1) is 8.65. The Kier molecular flexibility index (Phi) is 4.62. The molecule has 2 fully saturated rings. The molecule has 1 atom stereocenters. The quantitative estimate of drug-likeness (QED) is 0.775. The molecular formula is C14H25NO3. The van der Waals surface area contributed by atoms with Gasteiger partial charge in [0, 0.05) is 19.8 Å². The second-order valence-electron chi connectivity index (χ2n) is 5.89. The lowest BCUT2D eigenvalue weighted by atomic mass is 9.76. The topological polar surface area (TPSA) is 47.6 Å². The predicted molar refractivity (Wildman–Crippen MR) is 69.3 cm³/mol. The number of esters is 1. The van der Waals surface area contributed by atoms with Gasteiger partial charge in [-0.15, -0.1) is 0 Å². The Bertz CT molecular complexity index is 279. The molecule has 0 spiro atoms. The van der Waals surface area contributed by atoms with E-state index in [1.165, 1.54) is 0 Å². The van der Waals surface area contributed by atoms with Crippen molar-refractivity contribution < 1.29 is 14.3 Å². The van der Waals surface area contributed by atoms with Crippen LogP contribution in [0.5, 0.6) is 0 Å². The Morgan fingerprint density at radius 3 is 2.72 bits per heavy atom. The summed E-state index contributed by atoms with van der Waals surface area (Å²) in [6.45, 7) is 8.09. The van der Waals surface area contributed by atoms with Crippen LogP contribution in [0.1, 0.15) is 33.1 Å². The van der Waals surface area contributed by atoms with Crippen LogP contribution in [0.4, 0.5) is 0 Å². The van der Waals surface area contributed by atoms with Gasteiger partial charge in [-0.1, -0.05) is 13.8 Å². The fourth-order valence-corrected chi connectivity index (χ4v) is 2.86. The molecule has 18 heavy (non-hydrogen) atoms. The first kappa shape index (κ1) is 13.8. The van der Waals surface area contributed by atoms with Gasteiger partial charge in [-0.2, -0.15) is 0 Å². The van der Waals surface area contributed by atoms with Gasteiger partial charge in [0.15, 0.2) is 0 Å². The van der Waals surface area contributed by atoms with Crippen molar-refractivity contribution in [2.45, 2.75) is 33.1 Å². The molecule has 2 aliphatic rings. The van der Waals surface area contributed by atoms with E-state index in [4.69, 9.17) is 9.47 Å². The van der Waals surface area contributed by atoms with Crippen molar-refractivity contribution in [2.75, 3.05) is 32.9 Å². The molecule has 0 bridgehead atoms. The Morgan fingerprint density at radius 1 is 1.44 bits per heavy atom. The van der Waals surface area contributed by atoms with E-state index in [1.54, 1.807) is 0 Å². The molecule has 1 unspecified atom stereocenters. The third-order valence-corrected chi connectivity index (χ3v) is 4.49. The minimum absolute atomic E-state index is 0.00556. The molecule has 4 nitrogen and oxygen atoms in total. The van der Waals surface area contributed by atoms with Gasteiger partial charge < -0.3 is 14.8 Å². The largest absolute Gasteiger partial charge is 0.465 e. The second-order valence-corrected chi connectivity index (χ2v) is 5.89. The first-order valence-electron chi connectivity index (χ1n) is 7.11. The second kappa shape index (κ2) is 6.02. The lowest BCUT2D eigenvalue weighted by Crippen LogP contribution is -2.40. The summed E-state index contributed by atoms with van der Waals surface area (Å²) in [6, 6.07) is 0. The van der Waals surface area contributed by atoms with E-state index < -0.39 is 0 Å². The normalized spacial score (nSPS) is 29.7. The van der Waals surface area contributed by atoms with E-state index in [0.29, 0.717) is 18.4 Å². The Morgan fingerprint density at radius 2 is 2.17 bits per heavy atom. The number of nitrogens with one attached hydrogen (secondary N) is 1. The smallest absolute Gasteiger partial charge is 0.313 e. The highest BCUT2D eigenvalue weighted by Crippen LogP contribution is 2.35. The standard InChI is InChI=1S/C14H25NO3/c1-11(2)14(5-6-15-10-14)13(16)18-9-12-3-7-17-8-4-12/h11-12,15H,3-10H2,1-2H3. The SMILES string of the molecule is CC(C)C1(C(=O)OCC2CCOCC2)CCNC1. The maximum atomic E-state index is 12.4. The van der Waals surface area contributed by atoms with E-state index in [1.807, 2.05) is 0 Å². The first-order valence-corrected chi connectivity index (χ1v) is 7.11. The molecule has 2 saturated heterocycles. The number of carbonyl (C=O) groups excluding carboxylic acids is 1. The molecule has 0 aromatic heterocycles. The maximum Gasteiger partial charge on any atom is 0.313 e. The molecule has 4 heteroatoms. The Balaban J connectivity index is 1.85.